The molecule has 1 N–H and O–H groups in total. The second kappa shape index (κ2) is 9.65. The van der Waals surface area contributed by atoms with Crippen LogP contribution in [0.4, 0.5) is 11.4 Å². The fourth-order valence-electron chi connectivity index (χ4n) is 3.32. The molecule has 0 aliphatic rings. The van der Waals surface area contributed by atoms with Crippen LogP contribution >= 0.6 is 31.9 Å². The van der Waals surface area contributed by atoms with Gasteiger partial charge in [-0.3, -0.25) is 9.98 Å². The van der Waals surface area contributed by atoms with Crippen molar-refractivity contribution in [2.24, 2.45) is 9.98 Å². The normalized spacial score (nSPS) is 11.7. The second-order valence-electron chi connectivity index (χ2n) is 7.45. The van der Waals surface area contributed by atoms with Gasteiger partial charge in [-0.05, 0) is 77.9 Å². The highest BCUT2D eigenvalue weighted by Gasteiger charge is 2.06. The Kier molecular flexibility index (Phi) is 6.28. The van der Waals surface area contributed by atoms with Crippen LogP contribution in [0, 0.1) is 0 Å². The molecule has 0 fully saturated rings. The number of aromatic amines is 1. The minimum atomic E-state index is 0.822. The van der Waals surface area contributed by atoms with Gasteiger partial charge in [-0.1, -0.05) is 56.1 Å². The molecule has 0 saturated carbocycles. The molecule has 0 unspecified atom stereocenters. The molecule has 4 aromatic carbocycles. The lowest BCUT2D eigenvalue weighted by atomic mass is 10.2. The van der Waals surface area contributed by atoms with Gasteiger partial charge in [-0.2, -0.15) is 0 Å². The fourth-order valence-corrected chi connectivity index (χ4v) is 3.84. The molecule has 6 heteroatoms. The lowest BCUT2D eigenvalue weighted by Crippen LogP contribution is -1.81. The Balaban J connectivity index is 1.33. The van der Waals surface area contributed by atoms with E-state index in [-0.39, 0.29) is 0 Å². The third kappa shape index (κ3) is 5.35. The van der Waals surface area contributed by atoms with Crippen LogP contribution in [0.3, 0.4) is 0 Å². The molecule has 5 rings (SSSR count). The molecule has 0 spiro atoms. The quantitative estimate of drug-likeness (QED) is 0.217. The van der Waals surface area contributed by atoms with E-state index in [1.807, 2.05) is 103 Å². The molecule has 160 valence electrons. The molecule has 0 radical (unpaired) electrons. The lowest BCUT2D eigenvalue weighted by Gasteiger charge is -1.98. The number of aromatic nitrogens is 2. The molecular formula is C27H18Br2N4. The summed E-state index contributed by atoms with van der Waals surface area (Å²) in [4.78, 5) is 17.3. The third-order valence-corrected chi connectivity index (χ3v) is 6.13. The highest BCUT2D eigenvalue weighted by Crippen LogP contribution is 2.26. The summed E-state index contributed by atoms with van der Waals surface area (Å²) in [5.41, 5.74) is 6.73. The van der Waals surface area contributed by atoms with Crippen LogP contribution < -0.4 is 0 Å². The summed E-state index contributed by atoms with van der Waals surface area (Å²) in [6.45, 7) is 0. The van der Waals surface area contributed by atoms with Crippen LogP contribution in [-0.4, -0.2) is 22.4 Å². The van der Waals surface area contributed by atoms with E-state index < -0.39 is 0 Å². The minimum Gasteiger partial charge on any atom is -0.338 e. The molecule has 4 nitrogen and oxygen atoms in total. The van der Waals surface area contributed by atoms with Crippen molar-refractivity contribution >= 4 is 66.7 Å². The number of hydrogen-bond donors (Lipinski definition) is 1. The van der Waals surface area contributed by atoms with E-state index in [1.165, 1.54) is 0 Å². The van der Waals surface area contributed by atoms with Gasteiger partial charge in [-0.25, -0.2) is 4.98 Å². The van der Waals surface area contributed by atoms with Gasteiger partial charge in [0.05, 0.1) is 22.4 Å². The first-order valence-corrected chi connectivity index (χ1v) is 11.9. The van der Waals surface area contributed by atoms with Crippen LogP contribution in [0.1, 0.15) is 11.1 Å². The van der Waals surface area contributed by atoms with Crippen molar-refractivity contribution in [3.05, 3.63) is 111 Å². The summed E-state index contributed by atoms with van der Waals surface area (Å²) in [5.74, 6) is 0.822. The van der Waals surface area contributed by atoms with Crippen molar-refractivity contribution in [3.8, 4) is 11.4 Å². The van der Waals surface area contributed by atoms with Gasteiger partial charge in [-0.15, -0.1) is 0 Å². The zero-order valence-corrected chi connectivity index (χ0v) is 20.6. The molecule has 1 aromatic heterocycles. The van der Waals surface area contributed by atoms with Crippen molar-refractivity contribution in [1.29, 1.82) is 0 Å². The van der Waals surface area contributed by atoms with Crippen molar-refractivity contribution in [2.45, 2.75) is 0 Å². The topological polar surface area (TPSA) is 53.4 Å². The fraction of sp³-hybridized carbons (Fsp3) is 0. The first-order chi connectivity index (χ1) is 16.1. The molecule has 33 heavy (non-hydrogen) atoms. The second-order valence-corrected chi connectivity index (χ2v) is 9.28. The standard InChI is InChI=1S/C27H18Br2N4/c28-21-7-1-18(2-8-21)16-30-23-11-5-20(6-12-23)27-32-25-14-13-24(15-26(25)33-27)31-17-19-3-9-22(29)10-4-19/h1-17H,(H,32,33). The summed E-state index contributed by atoms with van der Waals surface area (Å²) in [6.07, 6.45) is 3.72. The summed E-state index contributed by atoms with van der Waals surface area (Å²) < 4.78 is 2.11. The maximum Gasteiger partial charge on any atom is 0.138 e. The smallest absolute Gasteiger partial charge is 0.138 e. The minimum absolute atomic E-state index is 0.822. The molecule has 1 heterocycles. The van der Waals surface area contributed by atoms with Gasteiger partial charge in [0, 0.05) is 26.9 Å². The largest absolute Gasteiger partial charge is 0.338 e. The predicted octanol–water partition coefficient (Wildman–Crippen LogP) is 8.26. The van der Waals surface area contributed by atoms with Gasteiger partial charge in [0.25, 0.3) is 0 Å². The Bertz CT molecular complexity index is 1450. The number of nitrogens with zero attached hydrogens (tertiary/aromatic N) is 3. The van der Waals surface area contributed by atoms with Crippen molar-refractivity contribution in [2.75, 3.05) is 0 Å². The van der Waals surface area contributed by atoms with Crippen LogP contribution in [0.5, 0.6) is 0 Å². The average Bonchev–Trinajstić information content (AvgIpc) is 3.27. The number of imidazole rings is 1. The number of rotatable bonds is 5. The van der Waals surface area contributed by atoms with E-state index in [0.717, 1.165) is 53.9 Å². The highest BCUT2D eigenvalue weighted by molar-refractivity contribution is 9.10. The number of aliphatic imine (C=N–C) groups is 2. The first kappa shape index (κ1) is 21.5. The van der Waals surface area contributed by atoms with Gasteiger partial charge >= 0.3 is 0 Å². The number of fused-ring (bicyclic) bond motifs is 1. The number of hydrogen-bond acceptors (Lipinski definition) is 3. The van der Waals surface area contributed by atoms with E-state index in [4.69, 9.17) is 4.98 Å². The van der Waals surface area contributed by atoms with Gasteiger partial charge in [0.15, 0.2) is 0 Å². The van der Waals surface area contributed by atoms with E-state index in [1.54, 1.807) is 0 Å². The molecule has 0 bridgehead atoms. The van der Waals surface area contributed by atoms with E-state index in [2.05, 4.69) is 46.8 Å². The Morgan fingerprint density at radius 1 is 0.636 bits per heavy atom. The first-order valence-electron chi connectivity index (χ1n) is 10.3. The number of benzene rings is 4. The third-order valence-electron chi connectivity index (χ3n) is 5.07. The number of nitrogens with one attached hydrogen (secondary N) is 1. The Labute approximate surface area is 208 Å². The monoisotopic (exact) mass is 556 g/mol. The highest BCUT2D eigenvalue weighted by atomic mass is 79.9. The van der Waals surface area contributed by atoms with E-state index >= 15 is 0 Å². The average molecular weight is 558 g/mol. The van der Waals surface area contributed by atoms with Gasteiger partial charge in [0.1, 0.15) is 5.82 Å². The number of H-pyrrole nitrogens is 1. The van der Waals surface area contributed by atoms with Crippen LogP contribution in [0.15, 0.2) is 110 Å². The zero-order valence-electron chi connectivity index (χ0n) is 17.4. The summed E-state index contributed by atoms with van der Waals surface area (Å²) >= 11 is 6.90. The Morgan fingerprint density at radius 2 is 1.18 bits per heavy atom. The molecular weight excluding hydrogens is 540 g/mol. The molecule has 0 aliphatic carbocycles. The molecule has 5 aromatic rings. The SMILES string of the molecule is Brc1ccc(C=Nc2ccc(-c3nc4ccc(N=Cc5ccc(Br)cc5)cc4[nH]3)cc2)cc1. The van der Waals surface area contributed by atoms with Gasteiger partial charge < -0.3 is 4.98 Å². The Hall–Kier alpha value is -3.35. The van der Waals surface area contributed by atoms with Gasteiger partial charge in [0.2, 0.25) is 0 Å². The van der Waals surface area contributed by atoms with E-state index in [0.29, 0.717) is 0 Å². The lowest BCUT2D eigenvalue weighted by molar-refractivity contribution is 1.33. The predicted molar refractivity (Wildman–Crippen MR) is 144 cm³/mol. The molecule has 0 amide bonds. The van der Waals surface area contributed by atoms with Crippen LogP contribution in [0.2, 0.25) is 0 Å². The van der Waals surface area contributed by atoms with Crippen LogP contribution in [-0.2, 0) is 0 Å². The zero-order chi connectivity index (χ0) is 22.6. The maximum atomic E-state index is 4.73. The van der Waals surface area contributed by atoms with Crippen LogP contribution in [0.25, 0.3) is 22.4 Å². The molecule has 0 atom stereocenters. The maximum absolute atomic E-state index is 4.73. The molecule has 0 saturated heterocycles. The molecule has 0 aliphatic heterocycles. The van der Waals surface area contributed by atoms with Crippen molar-refractivity contribution < 1.29 is 0 Å². The summed E-state index contributed by atoms with van der Waals surface area (Å²) in [5, 5.41) is 0. The summed E-state index contributed by atoms with van der Waals surface area (Å²) in [7, 11) is 0. The number of halogens is 2. The van der Waals surface area contributed by atoms with Crippen molar-refractivity contribution in [1.82, 2.24) is 9.97 Å². The van der Waals surface area contributed by atoms with E-state index in [9.17, 15) is 0 Å². The van der Waals surface area contributed by atoms with Crippen molar-refractivity contribution in [3.63, 3.8) is 0 Å². The summed E-state index contributed by atoms with van der Waals surface area (Å²) in [6, 6.07) is 30.1. The Morgan fingerprint density at radius 3 is 1.79 bits per heavy atom.